The van der Waals surface area contributed by atoms with Gasteiger partial charge in [-0.2, -0.15) is 16.2 Å². The number of amides is 1. The first-order valence-corrected chi connectivity index (χ1v) is 7.70. The van der Waals surface area contributed by atoms with Crippen LogP contribution in [0.5, 0.6) is 0 Å². The summed E-state index contributed by atoms with van der Waals surface area (Å²) >= 11 is 1.62. The number of rotatable bonds is 4. The fourth-order valence-electron chi connectivity index (χ4n) is 2.47. The maximum absolute atomic E-state index is 13.8. The van der Waals surface area contributed by atoms with Crippen LogP contribution in [0.3, 0.4) is 0 Å². The van der Waals surface area contributed by atoms with Gasteiger partial charge in [-0.3, -0.25) is 14.9 Å². The summed E-state index contributed by atoms with van der Waals surface area (Å²) in [6, 6.07) is 0.918. The standard InChI is InChI=1S/C13H14F2N2O3S/c1-21-12-4-2-3-10(12)16-13(18)7-5-9(15)11(17(19)20)6-8(7)14/h5-6,10,12H,2-4H2,1H3,(H,16,18). The minimum absolute atomic E-state index is 0.0925. The summed E-state index contributed by atoms with van der Waals surface area (Å²) in [5.41, 5.74) is -1.49. The highest BCUT2D eigenvalue weighted by molar-refractivity contribution is 7.99. The van der Waals surface area contributed by atoms with E-state index in [1.54, 1.807) is 11.8 Å². The van der Waals surface area contributed by atoms with Crippen LogP contribution in [-0.2, 0) is 0 Å². The van der Waals surface area contributed by atoms with Gasteiger partial charge in [0.25, 0.3) is 5.91 Å². The summed E-state index contributed by atoms with van der Waals surface area (Å²) < 4.78 is 27.3. The second-order valence-corrected chi connectivity index (χ2v) is 5.90. The largest absolute Gasteiger partial charge is 0.348 e. The maximum atomic E-state index is 13.8. The van der Waals surface area contributed by atoms with E-state index in [0.717, 1.165) is 19.3 Å². The molecule has 5 nitrogen and oxygen atoms in total. The lowest BCUT2D eigenvalue weighted by atomic mass is 10.1. The zero-order chi connectivity index (χ0) is 15.6. The van der Waals surface area contributed by atoms with Gasteiger partial charge in [0, 0.05) is 11.3 Å². The summed E-state index contributed by atoms with van der Waals surface area (Å²) in [7, 11) is 0. The van der Waals surface area contributed by atoms with E-state index < -0.39 is 33.7 Å². The van der Waals surface area contributed by atoms with Crippen LogP contribution in [0.1, 0.15) is 29.6 Å². The van der Waals surface area contributed by atoms with Gasteiger partial charge in [0.2, 0.25) is 5.82 Å². The molecule has 0 radical (unpaired) electrons. The van der Waals surface area contributed by atoms with E-state index in [4.69, 9.17) is 0 Å². The Morgan fingerprint density at radius 2 is 2.10 bits per heavy atom. The fourth-order valence-corrected chi connectivity index (χ4v) is 3.40. The number of nitro groups is 1. The molecular formula is C13H14F2N2O3S. The topological polar surface area (TPSA) is 72.2 Å². The van der Waals surface area contributed by atoms with Crippen LogP contribution < -0.4 is 5.32 Å². The predicted octanol–water partition coefficient (Wildman–Crippen LogP) is 2.89. The minimum atomic E-state index is -1.22. The molecule has 0 spiro atoms. The lowest BCUT2D eigenvalue weighted by Crippen LogP contribution is -2.39. The van der Waals surface area contributed by atoms with Crippen molar-refractivity contribution >= 4 is 23.4 Å². The number of hydrogen-bond acceptors (Lipinski definition) is 4. The van der Waals surface area contributed by atoms with Crippen LogP contribution in [-0.4, -0.2) is 28.4 Å². The zero-order valence-electron chi connectivity index (χ0n) is 11.3. The van der Waals surface area contributed by atoms with Gasteiger partial charge in [-0.05, 0) is 25.2 Å². The second-order valence-electron chi connectivity index (χ2n) is 4.83. The molecule has 1 aromatic rings. The third-order valence-corrected chi connectivity index (χ3v) is 4.72. The molecule has 2 rings (SSSR count). The van der Waals surface area contributed by atoms with Crippen molar-refractivity contribution in [3.05, 3.63) is 39.4 Å². The molecule has 0 heterocycles. The van der Waals surface area contributed by atoms with Gasteiger partial charge in [0.1, 0.15) is 5.82 Å². The molecular weight excluding hydrogens is 302 g/mol. The third kappa shape index (κ3) is 3.31. The number of nitro benzene ring substituents is 1. The molecule has 1 fully saturated rings. The first-order valence-electron chi connectivity index (χ1n) is 6.41. The summed E-state index contributed by atoms with van der Waals surface area (Å²) in [6.07, 6.45) is 4.65. The van der Waals surface area contributed by atoms with Gasteiger partial charge in [0.15, 0.2) is 0 Å². The maximum Gasteiger partial charge on any atom is 0.307 e. The number of hydrogen-bond donors (Lipinski definition) is 1. The van der Waals surface area contributed by atoms with Crippen LogP contribution in [0.2, 0.25) is 0 Å². The van der Waals surface area contributed by atoms with Gasteiger partial charge in [-0.25, -0.2) is 4.39 Å². The van der Waals surface area contributed by atoms with Gasteiger partial charge in [0.05, 0.1) is 16.6 Å². The number of halogens is 2. The Bertz CT molecular complexity index is 583. The minimum Gasteiger partial charge on any atom is -0.348 e. The molecule has 1 amide bonds. The molecule has 0 bridgehead atoms. The van der Waals surface area contributed by atoms with E-state index >= 15 is 0 Å². The van der Waals surface area contributed by atoms with Crippen molar-refractivity contribution in [1.29, 1.82) is 0 Å². The van der Waals surface area contributed by atoms with Crippen molar-refractivity contribution in [2.45, 2.75) is 30.6 Å². The smallest absolute Gasteiger partial charge is 0.307 e. The fraction of sp³-hybridized carbons (Fsp3) is 0.462. The molecule has 2 unspecified atom stereocenters. The molecule has 21 heavy (non-hydrogen) atoms. The molecule has 0 aliphatic heterocycles. The summed E-state index contributed by atoms with van der Waals surface area (Å²) in [4.78, 5) is 21.5. The molecule has 114 valence electrons. The highest BCUT2D eigenvalue weighted by Gasteiger charge is 2.29. The Labute approximate surface area is 124 Å². The molecule has 1 aliphatic carbocycles. The van der Waals surface area contributed by atoms with Crippen LogP contribution in [0.15, 0.2) is 12.1 Å². The van der Waals surface area contributed by atoms with Gasteiger partial charge < -0.3 is 5.32 Å². The Kier molecular flexibility index (Phi) is 4.76. The predicted molar refractivity (Wildman–Crippen MR) is 75.4 cm³/mol. The van der Waals surface area contributed by atoms with E-state index in [0.29, 0.717) is 12.1 Å². The normalized spacial score (nSPS) is 21.3. The van der Waals surface area contributed by atoms with Crippen LogP contribution in [0, 0.1) is 21.7 Å². The van der Waals surface area contributed by atoms with E-state index in [1.165, 1.54) is 0 Å². The van der Waals surface area contributed by atoms with Gasteiger partial charge in [-0.1, -0.05) is 6.42 Å². The average molecular weight is 316 g/mol. The highest BCUT2D eigenvalue weighted by atomic mass is 32.2. The van der Waals surface area contributed by atoms with Gasteiger partial charge in [-0.15, -0.1) is 0 Å². The van der Waals surface area contributed by atoms with Crippen molar-refractivity contribution in [2.24, 2.45) is 0 Å². The number of nitrogens with zero attached hydrogens (tertiary/aromatic N) is 1. The van der Waals surface area contributed by atoms with Crippen molar-refractivity contribution in [2.75, 3.05) is 6.26 Å². The molecule has 1 aliphatic rings. The second kappa shape index (κ2) is 6.38. The third-order valence-electron chi connectivity index (χ3n) is 3.55. The van der Waals surface area contributed by atoms with E-state index in [2.05, 4.69) is 5.32 Å². The van der Waals surface area contributed by atoms with Crippen molar-refractivity contribution in [1.82, 2.24) is 5.32 Å². The molecule has 0 aromatic heterocycles. The van der Waals surface area contributed by atoms with Crippen LogP contribution >= 0.6 is 11.8 Å². The van der Waals surface area contributed by atoms with E-state index in [9.17, 15) is 23.7 Å². The van der Waals surface area contributed by atoms with Crippen molar-refractivity contribution in [3.63, 3.8) is 0 Å². The molecule has 0 saturated heterocycles. The van der Waals surface area contributed by atoms with Crippen LogP contribution in [0.4, 0.5) is 14.5 Å². The number of thioether (sulfide) groups is 1. The van der Waals surface area contributed by atoms with E-state index in [-0.39, 0.29) is 11.3 Å². The SMILES string of the molecule is CSC1CCCC1NC(=O)c1cc(F)c([N+](=O)[O-])cc1F. The quantitative estimate of drug-likeness (QED) is 0.685. The molecule has 1 N–H and O–H groups in total. The highest BCUT2D eigenvalue weighted by Crippen LogP contribution is 2.29. The van der Waals surface area contributed by atoms with Crippen molar-refractivity contribution in [3.8, 4) is 0 Å². The number of benzene rings is 1. The lowest BCUT2D eigenvalue weighted by molar-refractivity contribution is -0.387. The van der Waals surface area contributed by atoms with Crippen molar-refractivity contribution < 1.29 is 18.5 Å². The monoisotopic (exact) mass is 316 g/mol. The van der Waals surface area contributed by atoms with E-state index in [1.807, 2.05) is 6.26 Å². The van der Waals surface area contributed by atoms with Gasteiger partial charge >= 0.3 is 5.69 Å². The first-order chi connectivity index (χ1) is 9.93. The lowest BCUT2D eigenvalue weighted by Gasteiger charge is -2.19. The summed E-state index contributed by atoms with van der Waals surface area (Å²) in [5.74, 6) is -3.06. The Morgan fingerprint density at radius 1 is 1.38 bits per heavy atom. The zero-order valence-corrected chi connectivity index (χ0v) is 12.1. The molecule has 2 atom stereocenters. The first kappa shape index (κ1) is 15.7. The number of carbonyl (C=O) groups is 1. The molecule has 1 saturated carbocycles. The summed E-state index contributed by atoms with van der Waals surface area (Å²) in [5, 5.41) is 13.4. The Hall–Kier alpha value is -1.70. The van der Waals surface area contributed by atoms with Crippen LogP contribution in [0.25, 0.3) is 0 Å². The molecule has 1 aromatic carbocycles. The summed E-state index contributed by atoms with van der Waals surface area (Å²) in [6.45, 7) is 0. The average Bonchev–Trinajstić information content (AvgIpc) is 2.87. The Balaban J connectivity index is 2.20. The number of carbonyl (C=O) groups excluding carboxylic acids is 1. The Morgan fingerprint density at radius 3 is 2.71 bits per heavy atom. The number of nitrogens with one attached hydrogen (secondary N) is 1. The molecule has 8 heteroatoms.